The van der Waals surface area contributed by atoms with E-state index < -0.39 is 12.4 Å². The normalized spacial score (nSPS) is 10.8. The highest BCUT2D eigenvalue weighted by atomic mass is 32.1. The number of hydrogen-bond donors (Lipinski definition) is 1. The Hall–Kier alpha value is -2.40. The third-order valence-corrected chi connectivity index (χ3v) is 3.95. The van der Waals surface area contributed by atoms with Crippen molar-refractivity contribution in [2.75, 3.05) is 0 Å². The summed E-state index contributed by atoms with van der Waals surface area (Å²) in [4.78, 5) is 22.7. The van der Waals surface area contributed by atoms with Crippen molar-refractivity contribution in [3.63, 3.8) is 0 Å². The van der Waals surface area contributed by atoms with Crippen molar-refractivity contribution in [2.45, 2.75) is 6.42 Å². The van der Waals surface area contributed by atoms with Crippen LogP contribution in [0.15, 0.2) is 46.4 Å². The van der Waals surface area contributed by atoms with Crippen LogP contribution in [0, 0.1) is 0 Å². The summed E-state index contributed by atoms with van der Waals surface area (Å²) < 4.78 is 5.46. The lowest BCUT2D eigenvalue weighted by Crippen LogP contribution is -2.04. The highest BCUT2D eigenvalue weighted by molar-refractivity contribution is 7.12. The summed E-state index contributed by atoms with van der Waals surface area (Å²) >= 11 is 1.25. The van der Waals surface area contributed by atoms with Crippen molar-refractivity contribution in [1.29, 1.82) is 0 Å². The SMILES string of the molecule is O=C(O)CC(=O)c1cc(-c2cccc3ccoc23)cs1. The number of rotatable bonds is 4. The van der Waals surface area contributed by atoms with Crippen LogP contribution in [0.2, 0.25) is 0 Å². The second-order valence-corrected chi connectivity index (χ2v) is 5.25. The van der Waals surface area contributed by atoms with Gasteiger partial charge < -0.3 is 9.52 Å². The van der Waals surface area contributed by atoms with Crippen molar-refractivity contribution >= 4 is 34.1 Å². The van der Waals surface area contributed by atoms with E-state index in [1.54, 1.807) is 12.3 Å². The highest BCUT2D eigenvalue weighted by Gasteiger charge is 2.15. The molecule has 20 heavy (non-hydrogen) atoms. The predicted molar refractivity (Wildman–Crippen MR) is 76.1 cm³/mol. The maximum Gasteiger partial charge on any atom is 0.311 e. The van der Waals surface area contributed by atoms with E-state index in [9.17, 15) is 9.59 Å². The lowest BCUT2D eigenvalue weighted by Gasteiger charge is -1.98. The molecule has 0 amide bonds. The van der Waals surface area contributed by atoms with Gasteiger partial charge in [-0.05, 0) is 23.1 Å². The molecule has 0 bridgehead atoms. The van der Waals surface area contributed by atoms with Crippen molar-refractivity contribution in [3.05, 3.63) is 46.9 Å². The van der Waals surface area contributed by atoms with Crippen LogP contribution in [0.4, 0.5) is 0 Å². The number of carbonyl (C=O) groups is 2. The Morgan fingerprint density at radius 1 is 1.25 bits per heavy atom. The first kappa shape index (κ1) is 12.6. The summed E-state index contributed by atoms with van der Waals surface area (Å²) in [5.41, 5.74) is 2.53. The number of benzene rings is 1. The van der Waals surface area contributed by atoms with Gasteiger partial charge in [-0.1, -0.05) is 18.2 Å². The molecule has 0 aliphatic heterocycles. The monoisotopic (exact) mass is 286 g/mol. The number of furan rings is 1. The largest absolute Gasteiger partial charge is 0.481 e. The van der Waals surface area contributed by atoms with E-state index in [1.807, 2.05) is 29.6 Å². The van der Waals surface area contributed by atoms with Crippen molar-refractivity contribution in [2.24, 2.45) is 0 Å². The number of aliphatic carboxylic acids is 1. The average Bonchev–Trinajstić information content (AvgIpc) is 3.06. The predicted octanol–water partition coefficient (Wildman–Crippen LogP) is 3.82. The molecule has 1 N–H and O–H groups in total. The molecule has 2 heterocycles. The minimum atomic E-state index is -1.11. The number of carboxylic acids is 1. The number of para-hydroxylation sites is 1. The molecule has 0 saturated heterocycles. The fraction of sp³-hybridized carbons (Fsp3) is 0.0667. The molecule has 2 aromatic heterocycles. The average molecular weight is 286 g/mol. The molecule has 0 fully saturated rings. The fourth-order valence-corrected chi connectivity index (χ4v) is 2.92. The van der Waals surface area contributed by atoms with Gasteiger partial charge in [-0.2, -0.15) is 0 Å². The zero-order valence-corrected chi connectivity index (χ0v) is 11.1. The Kier molecular flexibility index (Phi) is 3.12. The first-order valence-corrected chi connectivity index (χ1v) is 6.83. The van der Waals surface area contributed by atoms with E-state index in [2.05, 4.69) is 0 Å². The van der Waals surface area contributed by atoms with Gasteiger partial charge in [-0.15, -0.1) is 11.3 Å². The first-order valence-electron chi connectivity index (χ1n) is 5.95. The lowest BCUT2D eigenvalue weighted by atomic mass is 10.1. The maximum atomic E-state index is 11.7. The van der Waals surface area contributed by atoms with Gasteiger partial charge in [0.05, 0.1) is 11.1 Å². The maximum absolute atomic E-state index is 11.7. The zero-order chi connectivity index (χ0) is 14.1. The van der Waals surface area contributed by atoms with Crippen LogP contribution in [-0.2, 0) is 4.79 Å². The van der Waals surface area contributed by atoms with Crippen molar-refractivity contribution in [3.8, 4) is 11.1 Å². The minimum Gasteiger partial charge on any atom is -0.481 e. The summed E-state index contributed by atoms with van der Waals surface area (Å²) in [5, 5.41) is 11.5. The molecule has 0 unspecified atom stereocenters. The number of ketones is 1. The molecule has 0 spiro atoms. The van der Waals surface area contributed by atoms with E-state index >= 15 is 0 Å². The molecular weight excluding hydrogens is 276 g/mol. The molecule has 0 aliphatic carbocycles. The van der Waals surface area contributed by atoms with Gasteiger partial charge >= 0.3 is 5.97 Å². The Balaban J connectivity index is 2.00. The minimum absolute atomic E-state index is 0.375. The van der Waals surface area contributed by atoms with Crippen molar-refractivity contribution < 1.29 is 19.1 Å². The smallest absolute Gasteiger partial charge is 0.311 e. The molecular formula is C15H10O4S. The molecule has 0 atom stereocenters. The van der Waals surface area contributed by atoms with Crippen LogP contribution in [0.25, 0.3) is 22.1 Å². The van der Waals surface area contributed by atoms with E-state index in [0.29, 0.717) is 4.88 Å². The number of hydrogen-bond acceptors (Lipinski definition) is 4. The molecule has 0 aliphatic rings. The number of carboxylic acid groups (broad SMARTS) is 1. The molecule has 1 aromatic carbocycles. The molecule has 4 nitrogen and oxygen atoms in total. The van der Waals surface area contributed by atoms with Crippen LogP contribution in [0.5, 0.6) is 0 Å². The van der Waals surface area contributed by atoms with E-state index in [-0.39, 0.29) is 5.78 Å². The van der Waals surface area contributed by atoms with Gasteiger partial charge in [0.2, 0.25) is 0 Å². The van der Waals surface area contributed by atoms with Gasteiger partial charge in [-0.25, -0.2) is 0 Å². The van der Waals surface area contributed by atoms with Gasteiger partial charge in [0.25, 0.3) is 0 Å². The first-order chi connectivity index (χ1) is 9.65. The molecule has 5 heteroatoms. The molecule has 3 aromatic rings. The van der Waals surface area contributed by atoms with Crippen LogP contribution in [0.1, 0.15) is 16.1 Å². The second-order valence-electron chi connectivity index (χ2n) is 4.34. The molecule has 3 rings (SSSR count). The van der Waals surface area contributed by atoms with E-state index in [1.165, 1.54) is 11.3 Å². The van der Waals surface area contributed by atoms with Crippen LogP contribution in [-0.4, -0.2) is 16.9 Å². The summed E-state index contributed by atoms with van der Waals surface area (Å²) in [7, 11) is 0. The third kappa shape index (κ3) is 2.23. The molecule has 0 radical (unpaired) electrons. The molecule has 100 valence electrons. The number of Topliss-reactive ketones (excluding diaryl/α,β-unsaturated/α-hetero) is 1. The zero-order valence-electron chi connectivity index (χ0n) is 10.3. The summed E-state index contributed by atoms with van der Waals surface area (Å²) in [6.07, 6.45) is 1.14. The van der Waals surface area contributed by atoms with Gasteiger partial charge in [0.15, 0.2) is 5.78 Å². The van der Waals surface area contributed by atoms with Gasteiger partial charge in [0.1, 0.15) is 12.0 Å². The van der Waals surface area contributed by atoms with E-state index in [0.717, 1.165) is 22.1 Å². The van der Waals surface area contributed by atoms with Crippen LogP contribution >= 0.6 is 11.3 Å². The number of fused-ring (bicyclic) bond motifs is 1. The lowest BCUT2D eigenvalue weighted by molar-refractivity contribution is -0.135. The topological polar surface area (TPSA) is 67.5 Å². The quantitative estimate of drug-likeness (QED) is 0.585. The van der Waals surface area contributed by atoms with Crippen molar-refractivity contribution in [1.82, 2.24) is 0 Å². The van der Waals surface area contributed by atoms with Crippen LogP contribution < -0.4 is 0 Å². The summed E-state index contributed by atoms with van der Waals surface area (Å²) in [6.45, 7) is 0. The highest BCUT2D eigenvalue weighted by Crippen LogP contribution is 2.32. The van der Waals surface area contributed by atoms with Gasteiger partial charge in [0, 0.05) is 10.9 Å². The summed E-state index contributed by atoms with van der Waals surface area (Å²) in [5.74, 6) is -1.49. The molecule has 0 saturated carbocycles. The second kappa shape index (κ2) is 4.94. The Morgan fingerprint density at radius 2 is 2.10 bits per heavy atom. The Bertz CT molecular complexity index is 797. The number of carbonyl (C=O) groups excluding carboxylic acids is 1. The Labute approximate surface area is 118 Å². The van der Waals surface area contributed by atoms with E-state index in [4.69, 9.17) is 9.52 Å². The van der Waals surface area contributed by atoms with Gasteiger partial charge in [-0.3, -0.25) is 9.59 Å². The summed E-state index contributed by atoms with van der Waals surface area (Å²) in [6, 6.07) is 9.38. The fourth-order valence-electron chi connectivity index (χ4n) is 2.07. The standard InChI is InChI=1S/C15H10O4S/c16-12(7-14(17)18)13-6-10(8-20-13)11-3-1-2-9-4-5-19-15(9)11/h1-6,8H,7H2,(H,17,18). The number of thiophene rings is 1. The third-order valence-electron chi connectivity index (χ3n) is 2.98. The van der Waals surface area contributed by atoms with Crippen LogP contribution in [0.3, 0.4) is 0 Å². The Morgan fingerprint density at radius 3 is 2.90 bits per heavy atom.